The SMILES string of the molecule is CC(C)CCC[C@@H](C)CCC[C@@H](C)CCC[C@@H](C)C(=O)SCCNC(=O)CCNC(=O)[C@H](O)C(C)(C)COP(=O)(O)OP(=O)(O)OC[C@H]1O[C@@H](n2cnc3c(N)ncnc32)C(O)C1OP(=O)(O)O. The Balaban J connectivity index is 1.34. The van der Waals surface area contributed by atoms with Crippen molar-refractivity contribution in [3.63, 3.8) is 0 Å². The van der Waals surface area contributed by atoms with E-state index in [1.807, 2.05) is 6.92 Å². The number of fused-ring (bicyclic) bond motifs is 1. The predicted octanol–water partition coefficient (Wildman–Crippen LogP) is 4.74. The summed E-state index contributed by atoms with van der Waals surface area (Å²) in [5.74, 6) is 1.01. The second kappa shape index (κ2) is 27.4. The van der Waals surface area contributed by atoms with E-state index < -0.39 is 84.6 Å². The fraction of sp³-hybridized carbons (Fsp3) is 0.800. The van der Waals surface area contributed by atoms with Crippen LogP contribution in [-0.2, 0) is 50.7 Å². The molecule has 0 aromatic carbocycles. The number of ether oxygens (including phenoxy) is 1. The number of hydrogen-bond acceptors (Lipinski definition) is 18. The first-order valence-electron chi connectivity index (χ1n) is 22.7. The minimum atomic E-state index is -5.58. The number of thioether (sulfide) groups is 1. The minimum Gasteiger partial charge on any atom is -0.386 e. The average molecular weight is 1050 g/mol. The molecule has 4 unspecified atom stereocenters. The Morgan fingerprint density at radius 3 is 2.10 bits per heavy atom. The van der Waals surface area contributed by atoms with Crippen molar-refractivity contribution < 1.29 is 80.5 Å². The summed E-state index contributed by atoms with van der Waals surface area (Å²) in [4.78, 5) is 89.0. The first-order chi connectivity index (χ1) is 31.6. The number of aromatic nitrogens is 4. The molecule has 0 bridgehead atoms. The molecule has 1 aliphatic heterocycles. The molecule has 2 aromatic rings. The van der Waals surface area contributed by atoms with Gasteiger partial charge in [0.05, 0.1) is 19.5 Å². The lowest BCUT2D eigenvalue weighted by atomic mass is 9.87. The van der Waals surface area contributed by atoms with Crippen LogP contribution in [0.3, 0.4) is 0 Å². The molecule has 0 radical (unpaired) electrons. The molecular formula is C40H72N7O17P3S. The van der Waals surface area contributed by atoms with Crippen LogP contribution in [0, 0.1) is 29.1 Å². The third-order valence-electron chi connectivity index (χ3n) is 11.4. The van der Waals surface area contributed by atoms with E-state index in [1.54, 1.807) is 0 Å². The van der Waals surface area contributed by atoms with Crippen LogP contribution < -0.4 is 16.4 Å². The number of phosphoric acid groups is 3. The van der Waals surface area contributed by atoms with E-state index in [9.17, 15) is 57.9 Å². The zero-order valence-electron chi connectivity index (χ0n) is 39.7. The molecule has 10 atom stereocenters. The molecule has 24 nitrogen and oxygen atoms in total. The van der Waals surface area contributed by atoms with Gasteiger partial charge in [0.2, 0.25) is 11.8 Å². The van der Waals surface area contributed by atoms with Crippen LogP contribution in [0.4, 0.5) is 5.82 Å². The molecule has 3 heterocycles. The molecule has 0 spiro atoms. The van der Waals surface area contributed by atoms with Crippen LogP contribution in [0.25, 0.3) is 11.2 Å². The van der Waals surface area contributed by atoms with Crippen molar-refractivity contribution >= 4 is 69.1 Å². The lowest BCUT2D eigenvalue weighted by Crippen LogP contribution is -2.46. The van der Waals surface area contributed by atoms with E-state index in [1.165, 1.54) is 52.4 Å². The van der Waals surface area contributed by atoms with Gasteiger partial charge in [-0.1, -0.05) is 112 Å². The van der Waals surface area contributed by atoms with Crippen molar-refractivity contribution in [1.29, 1.82) is 0 Å². The summed E-state index contributed by atoms with van der Waals surface area (Å²) in [5.41, 5.74) is 4.29. The van der Waals surface area contributed by atoms with E-state index in [-0.39, 0.29) is 47.5 Å². The summed E-state index contributed by atoms with van der Waals surface area (Å²) >= 11 is 1.16. The smallest absolute Gasteiger partial charge is 0.386 e. The molecule has 0 saturated carbocycles. The van der Waals surface area contributed by atoms with Gasteiger partial charge in [-0.25, -0.2) is 28.6 Å². The van der Waals surface area contributed by atoms with E-state index in [4.69, 9.17) is 19.5 Å². The number of rotatable bonds is 32. The van der Waals surface area contributed by atoms with E-state index in [0.29, 0.717) is 11.7 Å². The summed E-state index contributed by atoms with van der Waals surface area (Å²) in [5, 5.41) is 26.7. The highest BCUT2D eigenvalue weighted by Crippen LogP contribution is 2.61. The molecule has 10 N–H and O–H groups in total. The number of aliphatic hydroxyl groups excluding tert-OH is 2. The van der Waals surface area contributed by atoms with Gasteiger partial charge in [-0.05, 0) is 24.2 Å². The Morgan fingerprint density at radius 1 is 0.882 bits per heavy atom. The number of phosphoric ester groups is 3. The lowest BCUT2D eigenvalue weighted by Gasteiger charge is -2.30. The molecule has 2 amide bonds. The zero-order chi connectivity index (χ0) is 51.0. The summed E-state index contributed by atoms with van der Waals surface area (Å²) in [7, 11) is -16.4. The molecule has 68 heavy (non-hydrogen) atoms. The quantitative estimate of drug-likeness (QED) is 0.0353. The van der Waals surface area contributed by atoms with Gasteiger partial charge in [0.25, 0.3) is 0 Å². The van der Waals surface area contributed by atoms with Crippen LogP contribution >= 0.6 is 35.2 Å². The number of carbonyl (C=O) groups is 3. The number of aliphatic hydroxyl groups is 2. The number of carbonyl (C=O) groups excluding carboxylic acids is 3. The highest BCUT2D eigenvalue weighted by atomic mass is 32.2. The Bertz CT molecular complexity index is 2080. The first kappa shape index (κ1) is 59.9. The number of amides is 2. The molecule has 390 valence electrons. The van der Waals surface area contributed by atoms with E-state index >= 15 is 0 Å². The summed E-state index contributed by atoms with van der Waals surface area (Å²) in [6.45, 7) is 11.6. The normalized spacial score (nSPS) is 21.5. The van der Waals surface area contributed by atoms with Crippen molar-refractivity contribution in [2.24, 2.45) is 29.1 Å². The topological polar surface area (TPSA) is 364 Å². The fourth-order valence-electron chi connectivity index (χ4n) is 7.29. The van der Waals surface area contributed by atoms with Crippen molar-refractivity contribution in [2.75, 3.05) is 37.8 Å². The Labute approximate surface area is 401 Å². The van der Waals surface area contributed by atoms with Crippen LogP contribution in [0.5, 0.6) is 0 Å². The fourth-order valence-corrected chi connectivity index (χ4v) is 10.9. The van der Waals surface area contributed by atoms with Crippen molar-refractivity contribution in [1.82, 2.24) is 30.2 Å². The second-order valence-electron chi connectivity index (χ2n) is 18.5. The Morgan fingerprint density at radius 2 is 1.49 bits per heavy atom. The third-order valence-corrected chi connectivity index (χ3v) is 15.5. The van der Waals surface area contributed by atoms with Crippen molar-refractivity contribution in [2.45, 2.75) is 143 Å². The summed E-state index contributed by atoms with van der Waals surface area (Å²) < 4.78 is 62.5. The molecule has 28 heteroatoms. The van der Waals surface area contributed by atoms with Crippen molar-refractivity contribution in [3.05, 3.63) is 12.7 Å². The highest BCUT2D eigenvalue weighted by molar-refractivity contribution is 8.13. The van der Waals surface area contributed by atoms with Gasteiger partial charge in [-0.15, -0.1) is 0 Å². The average Bonchev–Trinajstić information content (AvgIpc) is 3.80. The molecule has 2 aromatic heterocycles. The largest absolute Gasteiger partial charge is 0.481 e. The second-order valence-corrected chi connectivity index (χ2v) is 23.9. The van der Waals surface area contributed by atoms with Gasteiger partial charge in [-0.2, -0.15) is 4.31 Å². The van der Waals surface area contributed by atoms with E-state index in [0.717, 1.165) is 60.1 Å². The molecule has 1 fully saturated rings. The number of anilines is 1. The molecular weight excluding hydrogens is 975 g/mol. The Kier molecular flexibility index (Phi) is 24.1. The lowest BCUT2D eigenvalue weighted by molar-refractivity contribution is -0.137. The van der Waals surface area contributed by atoms with Gasteiger partial charge < -0.3 is 50.9 Å². The number of nitrogens with two attached hydrogens (primary N) is 1. The molecule has 3 rings (SSSR count). The van der Waals surface area contributed by atoms with Crippen LogP contribution in [0.1, 0.15) is 119 Å². The maximum absolute atomic E-state index is 12.8. The van der Waals surface area contributed by atoms with Gasteiger partial charge in [-0.3, -0.25) is 32.5 Å². The molecule has 1 saturated heterocycles. The van der Waals surface area contributed by atoms with Gasteiger partial charge in [0.1, 0.15) is 36.3 Å². The van der Waals surface area contributed by atoms with Gasteiger partial charge >= 0.3 is 23.5 Å². The summed E-state index contributed by atoms with van der Waals surface area (Å²) in [6.07, 6.45) is 3.58. The number of nitrogens with zero attached hydrogens (tertiary/aromatic N) is 4. The van der Waals surface area contributed by atoms with Crippen molar-refractivity contribution in [3.8, 4) is 0 Å². The van der Waals surface area contributed by atoms with Crippen LogP contribution in [0.15, 0.2) is 12.7 Å². The third kappa shape index (κ3) is 20.7. The van der Waals surface area contributed by atoms with Crippen LogP contribution in [-0.4, -0.2) is 123 Å². The maximum atomic E-state index is 12.8. The number of hydrogen-bond donors (Lipinski definition) is 9. The summed E-state index contributed by atoms with van der Waals surface area (Å²) in [6, 6.07) is 0. The van der Waals surface area contributed by atoms with Crippen LogP contribution in [0.2, 0.25) is 0 Å². The number of nitrogen functional groups attached to an aromatic ring is 1. The zero-order valence-corrected chi connectivity index (χ0v) is 43.2. The molecule has 1 aliphatic rings. The number of nitrogens with one attached hydrogen (secondary N) is 2. The predicted molar refractivity (Wildman–Crippen MR) is 251 cm³/mol. The Hall–Kier alpha value is -2.44. The first-order valence-corrected chi connectivity index (χ1v) is 28.2. The molecule has 0 aliphatic carbocycles. The van der Waals surface area contributed by atoms with Gasteiger partial charge in [0, 0.05) is 36.6 Å². The minimum absolute atomic E-state index is 0.0330. The highest BCUT2D eigenvalue weighted by Gasteiger charge is 2.50. The standard InChI is InChI=1S/C40H72N7O17P3S/c1-25(2)11-8-12-26(3)13-9-14-27(4)15-10-16-28(5)39(52)68-20-19-42-30(48)17-18-43-37(51)34(50)40(6,7)22-61-67(58,59)64-66(56,57)60-21-29-33(63-65(53,54)55)32(49)38(62-29)47-24-46-31-35(41)44-23-45-36(31)47/h23-29,32-34,38,49-50H,8-22H2,1-7H3,(H,42,48)(H,43,51)(H,56,57)(H,58,59)(H2,41,44,45)(H2,53,54,55)/t26-,27-,28-,29-,32?,33?,34+,38-/m1/s1. The maximum Gasteiger partial charge on any atom is 0.481 e. The van der Waals surface area contributed by atoms with Gasteiger partial charge in [0.15, 0.2) is 22.8 Å². The van der Waals surface area contributed by atoms with E-state index in [2.05, 4.69) is 62.1 Å². The monoisotopic (exact) mass is 1050 g/mol. The number of imidazole rings is 1.